The number of benzene rings is 1. The summed E-state index contributed by atoms with van der Waals surface area (Å²) in [5.41, 5.74) is 4.61. The zero-order valence-corrected chi connectivity index (χ0v) is 12.6. The topological polar surface area (TPSA) is 151 Å². The van der Waals surface area contributed by atoms with Crippen LogP contribution in [-0.4, -0.2) is 27.3 Å². The summed E-state index contributed by atoms with van der Waals surface area (Å²) < 4.78 is 0. The molecule has 1 aromatic rings. The van der Waals surface area contributed by atoms with Crippen molar-refractivity contribution in [3.05, 3.63) is 55.6 Å². The van der Waals surface area contributed by atoms with Crippen molar-refractivity contribution in [2.45, 2.75) is 32.4 Å². The van der Waals surface area contributed by atoms with Crippen molar-refractivity contribution in [2.75, 3.05) is 0 Å². The molecule has 0 spiro atoms. The largest absolute Gasteiger partial charge is 0.456 e. The van der Waals surface area contributed by atoms with E-state index in [0.717, 1.165) is 12.5 Å². The Morgan fingerprint density at radius 3 is 2.39 bits per heavy atom. The van der Waals surface area contributed by atoms with Crippen LogP contribution in [0.5, 0.6) is 0 Å². The summed E-state index contributed by atoms with van der Waals surface area (Å²) in [5, 5.41) is 24.9. The normalized spacial score (nSPS) is 11.8. The molecular formula is C13H16N4O6. The van der Waals surface area contributed by atoms with Crippen molar-refractivity contribution >= 4 is 11.8 Å². The van der Waals surface area contributed by atoms with Gasteiger partial charge in [0.25, 0.3) is 0 Å². The first kappa shape index (κ1) is 18.0. The van der Waals surface area contributed by atoms with Gasteiger partial charge in [0.1, 0.15) is 0 Å². The van der Waals surface area contributed by atoms with Crippen LogP contribution in [0.4, 0.5) is 0 Å². The van der Waals surface area contributed by atoms with E-state index < -0.39 is 34.3 Å². The number of rotatable bonds is 7. The molecule has 10 heteroatoms. The molecule has 0 aliphatic carbocycles. The number of amidine groups is 1. The molecule has 0 radical (unpaired) electrons. The fraction of sp³-hybridized carbons (Fsp3) is 0.385. The molecule has 0 unspecified atom stereocenters. The highest BCUT2D eigenvalue weighted by atomic mass is 16.7. The van der Waals surface area contributed by atoms with Crippen molar-refractivity contribution in [1.29, 1.82) is 0 Å². The van der Waals surface area contributed by atoms with E-state index in [9.17, 15) is 25.0 Å². The van der Waals surface area contributed by atoms with E-state index in [1.807, 2.05) is 0 Å². The second-order valence-electron chi connectivity index (χ2n) is 4.99. The number of hydrogen-bond acceptors (Lipinski definition) is 7. The molecule has 0 heterocycles. The molecule has 0 aliphatic rings. The molecule has 0 amide bonds. The lowest BCUT2D eigenvalue weighted by Crippen LogP contribution is -2.43. The highest BCUT2D eigenvalue weighted by Gasteiger charge is 2.50. The molecule has 0 bridgehead atoms. The number of nitrogens with zero attached hydrogens (tertiary/aromatic N) is 3. The quantitative estimate of drug-likeness (QED) is 0.197. The average Bonchev–Trinajstić information content (AvgIpc) is 2.50. The fourth-order valence-corrected chi connectivity index (χ4v) is 1.64. The highest BCUT2D eigenvalue weighted by Crippen LogP contribution is 2.17. The third-order valence-electron chi connectivity index (χ3n) is 3.26. The van der Waals surface area contributed by atoms with Gasteiger partial charge in [-0.1, -0.05) is 29.4 Å². The molecule has 1 rings (SSSR count). The Bertz CT molecular complexity index is 644. The predicted molar refractivity (Wildman–Crippen MR) is 79.6 cm³/mol. The van der Waals surface area contributed by atoms with Gasteiger partial charge in [0.15, 0.2) is 5.84 Å². The summed E-state index contributed by atoms with van der Waals surface area (Å²) in [6, 6.07) is 7.00. The molecule has 0 saturated carbocycles. The van der Waals surface area contributed by atoms with Crippen LogP contribution in [0.25, 0.3) is 0 Å². The van der Waals surface area contributed by atoms with Crippen LogP contribution in [0.3, 0.4) is 0 Å². The van der Waals surface area contributed by atoms with Gasteiger partial charge in [0.05, 0.1) is 29.6 Å². The molecule has 1 aromatic carbocycles. The van der Waals surface area contributed by atoms with Gasteiger partial charge in [-0.2, -0.15) is 0 Å². The van der Waals surface area contributed by atoms with Crippen LogP contribution in [0, 0.1) is 27.2 Å². The monoisotopic (exact) mass is 324 g/mol. The van der Waals surface area contributed by atoms with E-state index in [1.54, 1.807) is 31.2 Å². The number of hydrogen-bond donors (Lipinski definition) is 1. The number of nitrogens with two attached hydrogens (primary N) is 1. The summed E-state index contributed by atoms with van der Waals surface area (Å²) in [7, 11) is 0. The standard InChI is InChI=1S/C13H16N4O6/c1-9-5-3-4-6-10(9)12(14)15-23-11(18)7-8-13(2,16(19)20)17(21)22/h3-6H,7-8H2,1-2H3,(H2,14,15). The Balaban J connectivity index is 2.67. The molecule has 0 aliphatic heterocycles. The SMILES string of the molecule is Cc1ccccc1/C(N)=N/OC(=O)CCC(C)([N+](=O)[O-])[N+](=O)[O-]. The minimum atomic E-state index is -2.45. The average molecular weight is 324 g/mol. The van der Waals surface area contributed by atoms with Gasteiger partial charge in [-0.05, 0) is 12.5 Å². The predicted octanol–water partition coefficient (Wildman–Crippen LogP) is 1.21. The second kappa shape index (κ2) is 7.29. The molecule has 0 atom stereocenters. The van der Waals surface area contributed by atoms with Crippen LogP contribution in [0.1, 0.15) is 30.9 Å². The van der Waals surface area contributed by atoms with Crippen molar-refractivity contribution in [2.24, 2.45) is 10.9 Å². The van der Waals surface area contributed by atoms with Crippen LogP contribution >= 0.6 is 0 Å². The van der Waals surface area contributed by atoms with E-state index in [2.05, 4.69) is 9.99 Å². The molecule has 0 fully saturated rings. The van der Waals surface area contributed by atoms with Crippen molar-refractivity contribution in [3.63, 3.8) is 0 Å². The van der Waals surface area contributed by atoms with E-state index in [4.69, 9.17) is 5.73 Å². The molecule has 10 nitrogen and oxygen atoms in total. The lowest BCUT2D eigenvalue weighted by Gasteiger charge is -2.11. The van der Waals surface area contributed by atoms with Gasteiger partial charge in [0.2, 0.25) is 0 Å². The summed E-state index contributed by atoms with van der Waals surface area (Å²) in [4.78, 5) is 35.4. The first-order valence-electron chi connectivity index (χ1n) is 6.57. The zero-order chi connectivity index (χ0) is 17.6. The van der Waals surface area contributed by atoms with Crippen LogP contribution in [0.15, 0.2) is 29.4 Å². The van der Waals surface area contributed by atoms with Gasteiger partial charge in [-0.15, -0.1) is 0 Å². The van der Waals surface area contributed by atoms with Crippen LogP contribution < -0.4 is 5.73 Å². The second-order valence-corrected chi connectivity index (χ2v) is 4.99. The Hall–Kier alpha value is -3.04. The van der Waals surface area contributed by atoms with Gasteiger partial charge < -0.3 is 10.6 Å². The number of carbonyl (C=O) groups excluding carboxylic acids is 1. The number of nitro groups is 2. The Morgan fingerprint density at radius 2 is 1.87 bits per heavy atom. The highest BCUT2D eigenvalue weighted by molar-refractivity contribution is 5.98. The third kappa shape index (κ3) is 4.46. The molecule has 0 saturated heterocycles. The van der Waals surface area contributed by atoms with E-state index in [0.29, 0.717) is 5.56 Å². The van der Waals surface area contributed by atoms with Crippen LogP contribution in [0.2, 0.25) is 0 Å². The number of carbonyl (C=O) groups is 1. The van der Waals surface area contributed by atoms with Gasteiger partial charge in [-0.3, -0.25) is 20.2 Å². The number of aryl methyl sites for hydroxylation is 1. The lowest BCUT2D eigenvalue weighted by atomic mass is 10.1. The zero-order valence-electron chi connectivity index (χ0n) is 12.6. The maximum absolute atomic E-state index is 11.5. The Morgan fingerprint density at radius 1 is 1.30 bits per heavy atom. The minimum absolute atomic E-state index is 0.0391. The summed E-state index contributed by atoms with van der Waals surface area (Å²) in [6.07, 6.45) is -1.16. The van der Waals surface area contributed by atoms with Gasteiger partial charge >= 0.3 is 11.6 Å². The lowest BCUT2D eigenvalue weighted by molar-refractivity contribution is -0.792. The Kier molecular flexibility index (Phi) is 5.71. The van der Waals surface area contributed by atoms with Crippen molar-refractivity contribution in [3.8, 4) is 0 Å². The van der Waals surface area contributed by atoms with Gasteiger partial charge in [0, 0.05) is 5.56 Å². The first-order chi connectivity index (χ1) is 10.7. The molecule has 0 aromatic heterocycles. The molecule has 124 valence electrons. The van der Waals surface area contributed by atoms with Crippen molar-refractivity contribution in [1.82, 2.24) is 0 Å². The van der Waals surface area contributed by atoms with Crippen LogP contribution in [-0.2, 0) is 9.63 Å². The summed E-state index contributed by atoms with van der Waals surface area (Å²) in [5.74, 6) is -0.987. The van der Waals surface area contributed by atoms with Gasteiger partial charge in [-0.25, -0.2) is 4.79 Å². The molecular weight excluding hydrogens is 308 g/mol. The third-order valence-corrected chi connectivity index (χ3v) is 3.26. The fourth-order valence-electron chi connectivity index (χ4n) is 1.64. The minimum Gasteiger partial charge on any atom is -0.380 e. The first-order valence-corrected chi connectivity index (χ1v) is 6.57. The van der Waals surface area contributed by atoms with E-state index in [1.165, 1.54) is 0 Å². The maximum Gasteiger partial charge on any atom is 0.456 e. The molecule has 23 heavy (non-hydrogen) atoms. The Labute approximate surface area is 131 Å². The van der Waals surface area contributed by atoms with Crippen molar-refractivity contribution < 1.29 is 19.5 Å². The van der Waals surface area contributed by atoms with E-state index in [-0.39, 0.29) is 5.84 Å². The maximum atomic E-state index is 11.5. The smallest absolute Gasteiger partial charge is 0.380 e. The summed E-state index contributed by atoms with van der Waals surface area (Å²) >= 11 is 0. The number of oxime groups is 1. The van der Waals surface area contributed by atoms with E-state index >= 15 is 0 Å². The molecule has 2 N–H and O–H groups in total. The summed E-state index contributed by atoms with van der Waals surface area (Å²) in [6.45, 7) is 2.62.